The molecule has 1 heterocycles. The number of aliphatic imine (C=N–C) groups is 1. The minimum absolute atomic E-state index is 0.0425. The average molecular weight is 407 g/mol. The summed E-state index contributed by atoms with van der Waals surface area (Å²) in [6.45, 7) is 0.0592. The van der Waals surface area contributed by atoms with E-state index in [0.29, 0.717) is 5.56 Å². The summed E-state index contributed by atoms with van der Waals surface area (Å²) in [7, 11) is 4.48. The lowest BCUT2D eigenvalue weighted by molar-refractivity contribution is -0.142. The van der Waals surface area contributed by atoms with Gasteiger partial charge in [0.15, 0.2) is 11.7 Å². The van der Waals surface area contributed by atoms with Crippen LogP contribution in [0.1, 0.15) is 22.4 Å². The minimum atomic E-state index is -4.58. The van der Waals surface area contributed by atoms with Crippen molar-refractivity contribution in [3.05, 3.63) is 52.8 Å². The van der Waals surface area contributed by atoms with Gasteiger partial charge in [0.05, 0.1) is 5.56 Å². The van der Waals surface area contributed by atoms with Crippen LogP contribution < -0.4 is 5.32 Å². The van der Waals surface area contributed by atoms with Crippen LogP contribution in [0, 0.1) is 0 Å². The Bertz CT molecular complexity index is 820. The molecule has 2 rings (SSSR count). The molecule has 1 aromatic heterocycles. The molecule has 0 unspecified atom stereocenters. The van der Waals surface area contributed by atoms with E-state index in [1.54, 1.807) is 11.9 Å². The molecule has 0 fully saturated rings. The molecule has 5 nitrogen and oxygen atoms in total. The van der Waals surface area contributed by atoms with E-state index in [0.717, 1.165) is 16.8 Å². The molecule has 0 radical (unpaired) electrons. The summed E-state index contributed by atoms with van der Waals surface area (Å²) in [5.74, 6) is 0.289. The first-order valence-electron chi connectivity index (χ1n) is 8.09. The SMILES string of the molecule is CN=C(NCc1cn(C)nc1C(F)(F)F)N(C)Cc1ccc(C(F)(F)F)cc1. The summed E-state index contributed by atoms with van der Waals surface area (Å²) >= 11 is 0. The van der Waals surface area contributed by atoms with Crippen LogP contribution in [0.4, 0.5) is 26.3 Å². The zero-order valence-electron chi connectivity index (χ0n) is 15.4. The van der Waals surface area contributed by atoms with Crippen LogP contribution >= 0.6 is 0 Å². The van der Waals surface area contributed by atoms with Gasteiger partial charge < -0.3 is 10.2 Å². The number of aromatic nitrogens is 2. The van der Waals surface area contributed by atoms with Crippen molar-refractivity contribution in [3.8, 4) is 0 Å². The Morgan fingerprint density at radius 2 is 1.71 bits per heavy atom. The molecule has 0 aliphatic rings. The van der Waals surface area contributed by atoms with Crippen LogP contribution in [0.3, 0.4) is 0 Å². The second kappa shape index (κ2) is 8.11. The van der Waals surface area contributed by atoms with E-state index < -0.39 is 23.6 Å². The molecule has 0 bridgehead atoms. The maximum absolute atomic E-state index is 13.0. The molecule has 1 aromatic carbocycles. The molecular formula is C17H19F6N5. The van der Waals surface area contributed by atoms with Gasteiger partial charge in [-0.15, -0.1) is 0 Å². The van der Waals surface area contributed by atoms with Crippen molar-refractivity contribution in [1.29, 1.82) is 0 Å². The highest BCUT2D eigenvalue weighted by Crippen LogP contribution is 2.31. The molecule has 0 saturated carbocycles. The fourth-order valence-electron chi connectivity index (χ4n) is 2.61. The highest BCUT2D eigenvalue weighted by Gasteiger charge is 2.36. The van der Waals surface area contributed by atoms with E-state index in [1.165, 1.54) is 32.4 Å². The van der Waals surface area contributed by atoms with Crippen LogP contribution in [-0.2, 0) is 32.5 Å². The number of alkyl halides is 6. The first kappa shape index (κ1) is 21.6. The van der Waals surface area contributed by atoms with E-state index in [1.807, 2.05) is 0 Å². The Labute approximate surface area is 157 Å². The van der Waals surface area contributed by atoms with E-state index in [2.05, 4.69) is 15.4 Å². The number of hydrogen-bond acceptors (Lipinski definition) is 2. The second-order valence-corrected chi connectivity index (χ2v) is 6.13. The highest BCUT2D eigenvalue weighted by molar-refractivity contribution is 5.79. The molecule has 0 saturated heterocycles. The van der Waals surface area contributed by atoms with E-state index in [-0.39, 0.29) is 24.6 Å². The van der Waals surface area contributed by atoms with Gasteiger partial charge in [0.2, 0.25) is 0 Å². The van der Waals surface area contributed by atoms with Gasteiger partial charge in [-0.3, -0.25) is 9.67 Å². The van der Waals surface area contributed by atoms with Gasteiger partial charge in [-0.2, -0.15) is 31.4 Å². The summed E-state index contributed by atoms with van der Waals surface area (Å²) in [6.07, 6.45) is -7.73. The van der Waals surface area contributed by atoms with Crippen molar-refractivity contribution in [2.75, 3.05) is 14.1 Å². The summed E-state index contributed by atoms with van der Waals surface area (Å²) in [5, 5.41) is 6.24. The molecule has 2 aromatic rings. The first-order chi connectivity index (χ1) is 12.9. The monoisotopic (exact) mass is 407 g/mol. The lowest BCUT2D eigenvalue weighted by Gasteiger charge is -2.22. The van der Waals surface area contributed by atoms with Gasteiger partial charge in [0, 0.05) is 46.0 Å². The topological polar surface area (TPSA) is 45.5 Å². The third kappa shape index (κ3) is 5.40. The number of halogens is 6. The number of rotatable bonds is 4. The maximum Gasteiger partial charge on any atom is 0.435 e. The molecule has 0 amide bonds. The normalized spacial score (nSPS) is 13.0. The van der Waals surface area contributed by atoms with Gasteiger partial charge in [-0.25, -0.2) is 0 Å². The first-order valence-corrected chi connectivity index (χ1v) is 8.09. The summed E-state index contributed by atoms with van der Waals surface area (Å²) in [6, 6.07) is 4.64. The quantitative estimate of drug-likeness (QED) is 0.478. The highest BCUT2D eigenvalue weighted by atomic mass is 19.4. The second-order valence-electron chi connectivity index (χ2n) is 6.13. The largest absolute Gasteiger partial charge is 0.435 e. The maximum atomic E-state index is 13.0. The van der Waals surface area contributed by atoms with Crippen LogP contribution in [0.5, 0.6) is 0 Å². The number of guanidine groups is 1. The number of hydrogen-bond donors (Lipinski definition) is 1. The number of nitrogens with one attached hydrogen (secondary N) is 1. The van der Waals surface area contributed by atoms with Crippen molar-refractivity contribution in [2.45, 2.75) is 25.4 Å². The predicted octanol–water partition coefficient (Wildman–Crippen LogP) is 3.67. The summed E-state index contributed by atoms with van der Waals surface area (Å²) in [4.78, 5) is 5.59. The zero-order chi connectivity index (χ0) is 21.1. The van der Waals surface area contributed by atoms with Crippen molar-refractivity contribution in [1.82, 2.24) is 20.0 Å². The van der Waals surface area contributed by atoms with Crippen LogP contribution in [-0.4, -0.2) is 34.7 Å². The molecule has 154 valence electrons. The Hall–Kier alpha value is -2.72. The average Bonchev–Trinajstić information content (AvgIpc) is 2.96. The van der Waals surface area contributed by atoms with Crippen molar-refractivity contribution < 1.29 is 26.3 Å². The van der Waals surface area contributed by atoms with Gasteiger partial charge in [-0.05, 0) is 17.7 Å². The van der Waals surface area contributed by atoms with Crippen molar-refractivity contribution in [2.24, 2.45) is 12.0 Å². The molecule has 11 heteroatoms. The predicted molar refractivity (Wildman–Crippen MR) is 91.3 cm³/mol. The summed E-state index contributed by atoms with van der Waals surface area (Å²) < 4.78 is 78.0. The molecule has 0 spiro atoms. The molecular weight excluding hydrogens is 388 g/mol. The van der Waals surface area contributed by atoms with E-state index in [9.17, 15) is 26.3 Å². The van der Waals surface area contributed by atoms with Gasteiger partial charge in [-0.1, -0.05) is 12.1 Å². The Kier molecular flexibility index (Phi) is 6.25. The molecule has 0 aliphatic carbocycles. The lowest BCUT2D eigenvalue weighted by atomic mass is 10.1. The van der Waals surface area contributed by atoms with Gasteiger partial charge >= 0.3 is 12.4 Å². The van der Waals surface area contributed by atoms with E-state index >= 15 is 0 Å². The number of nitrogens with zero attached hydrogens (tertiary/aromatic N) is 4. The standard InChI is InChI=1S/C17H19F6N5/c1-24-15(25-8-12-10-28(3)26-14(12)17(21,22)23)27(2)9-11-4-6-13(7-5-11)16(18,19)20/h4-7,10H,8-9H2,1-3H3,(H,24,25). The molecule has 1 N–H and O–H groups in total. The Morgan fingerprint density at radius 3 is 2.21 bits per heavy atom. The Morgan fingerprint density at radius 1 is 1.11 bits per heavy atom. The van der Waals surface area contributed by atoms with Crippen LogP contribution in [0.25, 0.3) is 0 Å². The third-order valence-electron chi connectivity index (χ3n) is 3.88. The third-order valence-corrected chi connectivity index (χ3v) is 3.88. The van der Waals surface area contributed by atoms with Gasteiger partial charge in [0.25, 0.3) is 0 Å². The Balaban J connectivity index is 2.04. The number of benzene rings is 1. The minimum Gasteiger partial charge on any atom is -0.352 e. The van der Waals surface area contributed by atoms with Crippen molar-refractivity contribution >= 4 is 5.96 Å². The molecule has 0 aliphatic heterocycles. The zero-order valence-corrected chi connectivity index (χ0v) is 15.4. The van der Waals surface area contributed by atoms with Crippen LogP contribution in [0.2, 0.25) is 0 Å². The van der Waals surface area contributed by atoms with Crippen LogP contribution in [0.15, 0.2) is 35.5 Å². The van der Waals surface area contributed by atoms with Gasteiger partial charge in [0.1, 0.15) is 0 Å². The lowest BCUT2D eigenvalue weighted by Crippen LogP contribution is -2.38. The smallest absolute Gasteiger partial charge is 0.352 e. The van der Waals surface area contributed by atoms with E-state index in [4.69, 9.17) is 0 Å². The summed E-state index contributed by atoms with van der Waals surface area (Å²) in [5.41, 5.74) is -1.18. The van der Waals surface area contributed by atoms with Crippen molar-refractivity contribution in [3.63, 3.8) is 0 Å². The molecule has 0 atom stereocenters. The molecule has 28 heavy (non-hydrogen) atoms. The fraction of sp³-hybridized carbons (Fsp3) is 0.412. The fourth-order valence-corrected chi connectivity index (χ4v) is 2.61. The number of aryl methyl sites for hydroxylation is 1.